The smallest absolute Gasteiger partial charge is 0.280 e. The third-order valence-corrected chi connectivity index (χ3v) is 3.76. The molecule has 0 fully saturated rings. The number of halogens is 4. The van der Waals surface area contributed by atoms with Gasteiger partial charge < -0.3 is 0 Å². The second-order valence-electron chi connectivity index (χ2n) is 2.16. The van der Waals surface area contributed by atoms with Gasteiger partial charge in [-0.2, -0.15) is 0 Å². The Morgan fingerprint density at radius 2 is 2.23 bits per heavy atom. The lowest BCUT2D eigenvalue weighted by Gasteiger charge is -2.03. The largest absolute Gasteiger partial charge is 0.298 e. The molecule has 0 aliphatic carbocycles. The lowest BCUT2D eigenvalue weighted by atomic mass is 10.2. The van der Waals surface area contributed by atoms with Gasteiger partial charge in [-0.1, -0.05) is 0 Å². The van der Waals surface area contributed by atoms with Gasteiger partial charge in [0.15, 0.2) is 6.29 Å². The Hall–Kier alpha value is -0.110. The summed E-state index contributed by atoms with van der Waals surface area (Å²) in [4.78, 5) is 14.0. The molecule has 0 radical (unpaired) electrons. The first-order valence-corrected chi connectivity index (χ1v) is 5.02. The molecule has 6 heteroatoms. The fraction of sp³-hybridized carbons (Fsp3) is 0.143. The van der Waals surface area contributed by atoms with Crippen LogP contribution in [0.15, 0.2) is 10.7 Å². The molecule has 2 nitrogen and oxygen atoms in total. The van der Waals surface area contributed by atoms with Crippen LogP contribution >= 0.6 is 38.5 Å². The van der Waals surface area contributed by atoms with Gasteiger partial charge in [0.05, 0.1) is 3.57 Å². The number of hydrogen-bond acceptors (Lipinski definition) is 2. The van der Waals surface area contributed by atoms with E-state index >= 15 is 0 Å². The van der Waals surface area contributed by atoms with Gasteiger partial charge in [-0.3, -0.25) is 4.79 Å². The molecule has 0 amide bonds. The molecule has 1 aromatic heterocycles. The van der Waals surface area contributed by atoms with Crippen LogP contribution in [-0.4, -0.2) is 11.3 Å². The normalized spacial score (nSPS) is 10.5. The minimum absolute atomic E-state index is 0.220. The summed E-state index contributed by atoms with van der Waals surface area (Å²) in [6, 6.07) is 1.09. The van der Waals surface area contributed by atoms with E-state index in [1.165, 1.54) is 0 Å². The summed E-state index contributed by atoms with van der Waals surface area (Å²) in [5, 5.41) is 0. The van der Waals surface area contributed by atoms with E-state index in [0.29, 0.717) is 9.86 Å². The van der Waals surface area contributed by atoms with Crippen LogP contribution in [0, 0.1) is 3.57 Å². The van der Waals surface area contributed by atoms with Gasteiger partial charge in [0.1, 0.15) is 10.3 Å². The number of aromatic nitrogens is 1. The zero-order valence-corrected chi connectivity index (χ0v) is 9.84. The van der Waals surface area contributed by atoms with Crippen LogP contribution in [0.3, 0.4) is 0 Å². The monoisotopic (exact) mass is 361 g/mol. The van der Waals surface area contributed by atoms with Crippen LogP contribution in [0.5, 0.6) is 0 Å². The Bertz CT molecular complexity index is 346. The third-order valence-electron chi connectivity index (χ3n) is 1.32. The van der Waals surface area contributed by atoms with Crippen LogP contribution in [0.2, 0.25) is 0 Å². The maximum Gasteiger partial charge on any atom is 0.280 e. The molecule has 0 N–H and O–H groups in total. The van der Waals surface area contributed by atoms with E-state index in [1.807, 2.05) is 22.6 Å². The number of aldehydes is 1. The molecule has 1 aromatic rings. The number of alkyl halides is 2. The van der Waals surface area contributed by atoms with Crippen molar-refractivity contribution in [2.24, 2.45) is 0 Å². The van der Waals surface area contributed by atoms with E-state index in [9.17, 15) is 13.6 Å². The number of carbonyl (C=O) groups excluding carboxylic acids is 1. The van der Waals surface area contributed by atoms with Crippen molar-refractivity contribution in [1.82, 2.24) is 4.98 Å². The van der Waals surface area contributed by atoms with Crippen LogP contribution in [0.25, 0.3) is 0 Å². The van der Waals surface area contributed by atoms with Crippen molar-refractivity contribution in [3.63, 3.8) is 0 Å². The highest BCUT2D eigenvalue weighted by molar-refractivity contribution is 14.1. The number of pyridine rings is 1. The molecule has 0 saturated carbocycles. The molecular formula is C7H3BrF2INO. The molecule has 0 spiro atoms. The van der Waals surface area contributed by atoms with Crippen LogP contribution in [0.4, 0.5) is 8.78 Å². The van der Waals surface area contributed by atoms with E-state index in [4.69, 9.17) is 0 Å². The summed E-state index contributed by atoms with van der Waals surface area (Å²) in [5.41, 5.74) is -0.174. The highest BCUT2D eigenvalue weighted by Crippen LogP contribution is 2.25. The van der Waals surface area contributed by atoms with E-state index in [0.717, 1.165) is 6.07 Å². The van der Waals surface area contributed by atoms with Gasteiger partial charge in [-0.05, 0) is 44.6 Å². The van der Waals surface area contributed by atoms with Gasteiger partial charge in [0, 0.05) is 5.56 Å². The highest BCUT2D eigenvalue weighted by Gasteiger charge is 2.14. The summed E-state index contributed by atoms with van der Waals surface area (Å²) < 4.78 is 25.2. The van der Waals surface area contributed by atoms with Gasteiger partial charge in [0.25, 0.3) is 6.43 Å². The summed E-state index contributed by atoms with van der Waals surface area (Å²) >= 11 is 4.85. The lowest BCUT2D eigenvalue weighted by molar-refractivity contribution is 0.112. The van der Waals surface area contributed by atoms with Gasteiger partial charge in [-0.25, -0.2) is 13.8 Å². The topological polar surface area (TPSA) is 30.0 Å². The Morgan fingerprint density at radius 1 is 1.62 bits per heavy atom. The second-order valence-corrected chi connectivity index (χ2v) is 3.99. The van der Waals surface area contributed by atoms with E-state index in [2.05, 4.69) is 20.9 Å². The van der Waals surface area contributed by atoms with Gasteiger partial charge in [-0.15, -0.1) is 0 Å². The summed E-state index contributed by atoms with van der Waals surface area (Å²) in [5.74, 6) is 0. The number of rotatable bonds is 2. The SMILES string of the molecule is O=Cc1cc(C(F)F)nc(Br)c1I. The second kappa shape index (κ2) is 4.41. The van der Waals surface area contributed by atoms with Crippen LogP contribution in [0.1, 0.15) is 22.5 Å². The molecule has 13 heavy (non-hydrogen) atoms. The molecular weight excluding hydrogens is 359 g/mol. The third kappa shape index (κ3) is 2.43. The molecule has 0 unspecified atom stereocenters. The quantitative estimate of drug-likeness (QED) is 0.460. The molecule has 0 atom stereocenters. The standard InChI is InChI=1S/C7H3BrF2INO/c8-6-5(11)3(2-13)1-4(12-6)7(9)10/h1-2,7H. The maximum atomic E-state index is 12.2. The Balaban J connectivity index is 3.30. The molecule has 0 aliphatic heterocycles. The van der Waals surface area contributed by atoms with Crippen molar-refractivity contribution in [1.29, 1.82) is 0 Å². The fourth-order valence-electron chi connectivity index (χ4n) is 0.734. The molecule has 1 rings (SSSR count). The minimum atomic E-state index is -2.66. The number of hydrogen-bond donors (Lipinski definition) is 0. The van der Waals surface area contributed by atoms with Crippen molar-refractivity contribution in [2.75, 3.05) is 0 Å². The summed E-state index contributed by atoms with van der Waals surface area (Å²) in [6.07, 6.45) is -2.13. The van der Waals surface area contributed by atoms with E-state index in [-0.39, 0.29) is 10.2 Å². The zero-order chi connectivity index (χ0) is 10.0. The number of carbonyl (C=O) groups is 1. The van der Waals surface area contributed by atoms with Crippen LogP contribution < -0.4 is 0 Å². The molecule has 0 bridgehead atoms. The van der Waals surface area contributed by atoms with Crippen molar-refractivity contribution in [3.8, 4) is 0 Å². The molecule has 0 aliphatic rings. The van der Waals surface area contributed by atoms with Crippen molar-refractivity contribution in [2.45, 2.75) is 6.43 Å². The summed E-state index contributed by atoms with van der Waals surface area (Å²) in [7, 11) is 0. The molecule has 0 aromatic carbocycles. The average Bonchev–Trinajstić information content (AvgIpc) is 2.09. The fourth-order valence-corrected chi connectivity index (χ4v) is 1.57. The van der Waals surface area contributed by atoms with E-state index < -0.39 is 12.1 Å². The molecule has 70 valence electrons. The molecule has 0 saturated heterocycles. The zero-order valence-electron chi connectivity index (χ0n) is 6.10. The Morgan fingerprint density at radius 3 is 2.69 bits per heavy atom. The van der Waals surface area contributed by atoms with Gasteiger partial charge >= 0.3 is 0 Å². The first-order chi connectivity index (χ1) is 6.06. The first kappa shape index (κ1) is 11.0. The predicted octanol–water partition coefficient (Wildman–Crippen LogP) is 3.20. The maximum absolute atomic E-state index is 12.2. The van der Waals surface area contributed by atoms with E-state index in [1.54, 1.807) is 0 Å². The molecule has 1 heterocycles. The number of nitrogens with zero attached hydrogens (tertiary/aromatic N) is 1. The van der Waals surface area contributed by atoms with Crippen LogP contribution in [-0.2, 0) is 0 Å². The van der Waals surface area contributed by atoms with Crippen molar-refractivity contribution in [3.05, 3.63) is 25.5 Å². The highest BCUT2D eigenvalue weighted by atomic mass is 127. The minimum Gasteiger partial charge on any atom is -0.298 e. The van der Waals surface area contributed by atoms with Gasteiger partial charge in [0.2, 0.25) is 0 Å². The average molecular weight is 362 g/mol. The van der Waals surface area contributed by atoms with Crippen molar-refractivity contribution >= 4 is 44.8 Å². The lowest BCUT2D eigenvalue weighted by Crippen LogP contribution is -1.97. The Labute approximate surface area is 95.0 Å². The predicted molar refractivity (Wildman–Crippen MR) is 55.0 cm³/mol. The first-order valence-electron chi connectivity index (χ1n) is 3.15. The Kier molecular flexibility index (Phi) is 3.72. The van der Waals surface area contributed by atoms with Crippen molar-refractivity contribution < 1.29 is 13.6 Å². The summed E-state index contributed by atoms with van der Waals surface area (Å²) in [6.45, 7) is 0.